The number of methoxy groups -OCH3 is 1. The first-order valence-corrected chi connectivity index (χ1v) is 8.52. The van der Waals surface area contributed by atoms with Crippen LogP contribution < -0.4 is 4.74 Å². The van der Waals surface area contributed by atoms with Gasteiger partial charge in [-0.1, -0.05) is 13.8 Å². The van der Waals surface area contributed by atoms with Gasteiger partial charge in [0.2, 0.25) is 0 Å². The van der Waals surface area contributed by atoms with Crippen molar-refractivity contribution in [2.24, 2.45) is 0 Å². The van der Waals surface area contributed by atoms with Crippen molar-refractivity contribution in [3.63, 3.8) is 0 Å². The van der Waals surface area contributed by atoms with Crippen molar-refractivity contribution in [3.8, 4) is 17.1 Å². The summed E-state index contributed by atoms with van der Waals surface area (Å²) in [5.41, 5.74) is 2.60. The van der Waals surface area contributed by atoms with E-state index in [1.165, 1.54) is 29.1 Å². The van der Waals surface area contributed by atoms with E-state index in [0.717, 1.165) is 29.9 Å². The third-order valence-electron chi connectivity index (χ3n) is 3.83. The molecule has 112 valence electrons. The highest BCUT2D eigenvalue weighted by Crippen LogP contribution is 2.43. The fourth-order valence-corrected chi connectivity index (χ4v) is 3.93. The lowest BCUT2D eigenvalue weighted by atomic mass is 9.98. The second kappa shape index (κ2) is 6.18. The Labute approximate surface area is 130 Å². The summed E-state index contributed by atoms with van der Waals surface area (Å²) in [4.78, 5) is 1.35. The molecule has 0 unspecified atom stereocenters. The van der Waals surface area contributed by atoms with Crippen LogP contribution in [0.4, 0.5) is 0 Å². The Bertz CT molecular complexity index is 611. The second-order valence-electron chi connectivity index (χ2n) is 5.76. The quantitative estimate of drug-likeness (QED) is 0.712. The summed E-state index contributed by atoms with van der Waals surface area (Å²) >= 11 is 1.93. The van der Waals surface area contributed by atoms with Crippen molar-refractivity contribution in [1.29, 1.82) is 0 Å². The van der Waals surface area contributed by atoms with E-state index in [4.69, 9.17) is 9.15 Å². The molecule has 0 saturated carbocycles. The van der Waals surface area contributed by atoms with Crippen molar-refractivity contribution < 1.29 is 9.15 Å². The molecular formula is C18H22O2S. The monoisotopic (exact) mass is 302 g/mol. The fourth-order valence-electron chi connectivity index (χ4n) is 2.83. The molecule has 1 aromatic heterocycles. The van der Waals surface area contributed by atoms with E-state index in [9.17, 15) is 0 Å². The van der Waals surface area contributed by atoms with E-state index in [0.29, 0.717) is 5.25 Å². The summed E-state index contributed by atoms with van der Waals surface area (Å²) in [7, 11) is 1.70. The van der Waals surface area contributed by atoms with Crippen LogP contribution in [0.3, 0.4) is 0 Å². The first-order chi connectivity index (χ1) is 10.2. The Hall–Kier alpha value is -1.35. The number of furan rings is 1. The number of ether oxygens (including phenoxy) is 1. The van der Waals surface area contributed by atoms with Crippen LogP contribution in [-0.2, 0) is 12.8 Å². The molecule has 3 heteroatoms. The Kier molecular flexibility index (Phi) is 4.29. The molecule has 0 atom stereocenters. The molecule has 0 fully saturated rings. The normalized spacial score (nSPS) is 14.3. The Morgan fingerprint density at radius 1 is 1.10 bits per heavy atom. The molecule has 1 aliphatic carbocycles. The van der Waals surface area contributed by atoms with E-state index in [-0.39, 0.29) is 0 Å². The fraction of sp³-hybridized carbons (Fsp3) is 0.444. The lowest BCUT2D eigenvalue weighted by Gasteiger charge is -2.12. The molecule has 1 aromatic carbocycles. The van der Waals surface area contributed by atoms with Gasteiger partial charge in [-0.15, -0.1) is 11.8 Å². The minimum atomic E-state index is 0.561. The van der Waals surface area contributed by atoms with Crippen LogP contribution in [0.5, 0.6) is 5.75 Å². The molecule has 0 amide bonds. The summed E-state index contributed by atoms with van der Waals surface area (Å²) in [6.07, 6.45) is 4.76. The van der Waals surface area contributed by atoms with Gasteiger partial charge < -0.3 is 9.15 Å². The third-order valence-corrected chi connectivity index (χ3v) is 4.97. The van der Waals surface area contributed by atoms with Gasteiger partial charge in [0.05, 0.1) is 12.0 Å². The molecule has 0 spiro atoms. The summed E-state index contributed by atoms with van der Waals surface area (Å²) < 4.78 is 11.5. The number of thioether (sulfide) groups is 1. The second-order valence-corrected chi connectivity index (χ2v) is 7.35. The van der Waals surface area contributed by atoms with Crippen LogP contribution in [-0.4, -0.2) is 12.4 Å². The van der Waals surface area contributed by atoms with Gasteiger partial charge in [-0.2, -0.15) is 0 Å². The van der Waals surface area contributed by atoms with Crippen molar-refractivity contribution in [2.75, 3.05) is 7.11 Å². The summed E-state index contributed by atoms with van der Waals surface area (Å²) in [5.74, 6) is 3.13. The molecule has 1 heterocycles. The van der Waals surface area contributed by atoms with Gasteiger partial charge in [0.15, 0.2) is 0 Å². The molecular weight excluding hydrogens is 280 g/mol. The average molecular weight is 302 g/mol. The van der Waals surface area contributed by atoms with E-state index < -0.39 is 0 Å². The highest BCUT2D eigenvalue weighted by Gasteiger charge is 2.24. The van der Waals surface area contributed by atoms with Crippen LogP contribution in [0.15, 0.2) is 33.6 Å². The van der Waals surface area contributed by atoms with E-state index in [2.05, 4.69) is 26.0 Å². The Morgan fingerprint density at radius 3 is 2.48 bits per heavy atom. The molecule has 2 nitrogen and oxygen atoms in total. The molecule has 3 rings (SSSR count). The van der Waals surface area contributed by atoms with Gasteiger partial charge in [0.25, 0.3) is 0 Å². The van der Waals surface area contributed by atoms with Gasteiger partial charge in [-0.05, 0) is 43.5 Å². The largest absolute Gasteiger partial charge is 0.497 e. The van der Waals surface area contributed by atoms with Crippen molar-refractivity contribution in [1.82, 2.24) is 0 Å². The molecule has 0 aliphatic heterocycles. The van der Waals surface area contributed by atoms with E-state index in [1.54, 1.807) is 7.11 Å². The molecule has 21 heavy (non-hydrogen) atoms. The molecule has 2 aromatic rings. The van der Waals surface area contributed by atoms with Crippen LogP contribution in [0.1, 0.15) is 38.0 Å². The Morgan fingerprint density at radius 2 is 1.81 bits per heavy atom. The van der Waals surface area contributed by atoms with E-state index >= 15 is 0 Å². The summed E-state index contributed by atoms with van der Waals surface area (Å²) in [6.45, 7) is 4.48. The smallest absolute Gasteiger partial charge is 0.148 e. The van der Waals surface area contributed by atoms with Crippen LogP contribution in [0.2, 0.25) is 0 Å². The Balaban J connectivity index is 2.05. The minimum absolute atomic E-state index is 0.561. The molecule has 0 radical (unpaired) electrons. The third kappa shape index (κ3) is 2.98. The van der Waals surface area contributed by atoms with Crippen LogP contribution in [0, 0.1) is 0 Å². The van der Waals surface area contributed by atoms with Gasteiger partial charge in [-0.3, -0.25) is 0 Å². The standard InChI is InChI=1S/C18H22O2S/c1-12(2)21-18-15-6-4-5-7-16(15)20-17(18)13-8-10-14(19-3)11-9-13/h8-12H,4-7H2,1-3H3. The molecule has 1 aliphatic rings. The summed E-state index contributed by atoms with van der Waals surface area (Å²) in [6, 6.07) is 8.18. The van der Waals surface area contributed by atoms with Crippen molar-refractivity contribution in [3.05, 3.63) is 35.6 Å². The zero-order chi connectivity index (χ0) is 14.8. The lowest BCUT2D eigenvalue weighted by Crippen LogP contribution is -2.00. The first-order valence-electron chi connectivity index (χ1n) is 7.64. The SMILES string of the molecule is COc1ccc(-c2oc3c(c2SC(C)C)CCCC3)cc1. The van der Waals surface area contributed by atoms with Crippen LogP contribution in [0.25, 0.3) is 11.3 Å². The summed E-state index contributed by atoms with van der Waals surface area (Å²) in [5, 5.41) is 0.561. The zero-order valence-electron chi connectivity index (χ0n) is 12.9. The maximum absolute atomic E-state index is 6.24. The number of hydrogen-bond acceptors (Lipinski definition) is 3. The van der Waals surface area contributed by atoms with Gasteiger partial charge >= 0.3 is 0 Å². The van der Waals surface area contributed by atoms with Gasteiger partial charge in [0, 0.05) is 22.8 Å². The average Bonchev–Trinajstić information content (AvgIpc) is 2.86. The van der Waals surface area contributed by atoms with Crippen molar-refractivity contribution in [2.45, 2.75) is 49.7 Å². The first kappa shape index (κ1) is 14.6. The number of hydrogen-bond donors (Lipinski definition) is 0. The molecule has 0 bridgehead atoms. The van der Waals surface area contributed by atoms with Gasteiger partial charge in [0.1, 0.15) is 17.3 Å². The molecule has 0 saturated heterocycles. The van der Waals surface area contributed by atoms with Crippen molar-refractivity contribution >= 4 is 11.8 Å². The predicted molar refractivity (Wildman–Crippen MR) is 88.3 cm³/mol. The number of aryl methyl sites for hydroxylation is 1. The highest BCUT2D eigenvalue weighted by atomic mass is 32.2. The molecule has 0 N–H and O–H groups in total. The maximum Gasteiger partial charge on any atom is 0.148 e. The number of benzene rings is 1. The van der Waals surface area contributed by atoms with E-state index in [1.807, 2.05) is 23.9 Å². The zero-order valence-corrected chi connectivity index (χ0v) is 13.8. The van der Waals surface area contributed by atoms with Gasteiger partial charge in [-0.25, -0.2) is 0 Å². The predicted octanol–water partition coefficient (Wildman–Crippen LogP) is 5.33. The minimum Gasteiger partial charge on any atom is -0.497 e. The maximum atomic E-state index is 6.24. The lowest BCUT2D eigenvalue weighted by molar-refractivity contribution is 0.415. The number of fused-ring (bicyclic) bond motifs is 1. The van der Waals surface area contributed by atoms with Crippen LogP contribution >= 0.6 is 11.8 Å². The highest BCUT2D eigenvalue weighted by molar-refractivity contribution is 8.00. The topological polar surface area (TPSA) is 22.4 Å². The number of rotatable bonds is 4.